The lowest BCUT2D eigenvalue weighted by Gasteiger charge is -2.19. The van der Waals surface area contributed by atoms with Crippen molar-refractivity contribution in [1.82, 2.24) is 5.32 Å². The second-order valence-electron chi connectivity index (χ2n) is 3.72. The van der Waals surface area contributed by atoms with Gasteiger partial charge in [0.2, 0.25) is 0 Å². The van der Waals surface area contributed by atoms with Crippen LogP contribution in [0.5, 0.6) is 0 Å². The van der Waals surface area contributed by atoms with Gasteiger partial charge >= 0.3 is 6.03 Å². The lowest BCUT2D eigenvalue weighted by molar-refractivity contribution is 0.247. The van der Waals surface area contributed by atoms with E-state index >= 15 is 0 Å². The fourth-order valence-corrected chi connectivity index (χ4v) is 1.77. The molecule has 0 saturated heterocycles. The highest BCUT2D eigenvalue weighted by atomic mass is 35.5. The van der Waals surface area contributed by atoms with E-state index in [1.165, 1.54) is 4.90 Å². The monoisotopic (exact) mass is 274 g/mol. The van der Waals surface area contributed by atoms with Crippen molar-refractivity contribution in [2.75, 3.05) is 18.5 Å². The molecule has 0 unspecified atom stereocenters. The van der Waals surface area contributed by atoms with Gasteiger partial charge in [-0.3, -0.25) is 4.90 Å². The smallest absolute Gasteiger partial charge is 0.321 e. The van der Waals surface area contributed by atoms with Crippen LogP contribution in [0.3, 0.4) is 0 Å². The molecule has 2 amide bonds. The standard InChI is InChI=1S/C12H16Cl2N2O/c1-3-4-8-15-12(17)16(2)10-7-5-6-9(13)11(10)14/h5-7H,3-4,8H2,1-2H3,(H,15,17). The van der Waals surface area contributed by atoms with Crippen molar-refractivity contribution in [1.29, 1.82) is 0 Å². The van der Waals surface area contributed by atoms with Gasteiger partial charge in [0.25, 0.3) is 0 Å². The summed E-state index contributed by atoms with van der Waals surface area (Å²) < 4.78 is 0. The number of benzene rings is 1. The van der Waals surface area contributed by atoms with Crippen LogP contribution >= 0.6 is 23.2 Å². The van der Waals surface area contributed by atoms with E-state index in [-0.39, 0.29) is 6.03 Å². The van der Waals surface area contributed by atoms with Crippen LogP contribution in [-0.4, -0.2) is 19.6 Å². The second kappa shape index (κ2) is 6.72. The van der Waals surface area contributed by atoms with Gasteiger partial charge in [0.05, 0.1) is 15.7 Å². The minimum Gasteiger partial charge on any atom is -0.338 e. The number of halogens is 2. The first kappa shape index (κ1) is 14.1. The van der Waals surface area contributed by atoms with Gasteiger partial charge in [0.1, 0.15) is 0 Å². The Bertz CT molecular complexity index is 396. The summed E-state index contributed by atoms with van der Waals surface area (Å²) in [6.45, 7) is 2.74. The lowest BCUT2D eigenvalue weighted by atomic mass is 10.3. The van der Waals surface area contributed by atoms with Crippen molar-refractivity contribution in [3.8, 4) is 0 Å². The molecule has 0 aromatic heterocycles. The molecule has 1 N–H and O–H groups in total. The van der Waals surface area contributed by atoms with Crippen LogP contribution in [0.25, 0.3) is 0 Å². The van der Waals surface area contributed by atoms with E-state index in [1.807, 2.05) is 0 Å². The minimum atomic E-state index is -0.178. The summed E-state index contributed by atoms with van der Waals surface area (Å²) in [7, 11) is 1.67. The fourth-order valence-electron chi connectivity index (χ4n) is 1.35. The number of hydrogen-bond acceptors (Lipinski definition) is 1. The Labute approximate surface area is 112 Å². The van der Waals surface area contributed by atoms with Gasteiger partial charge in [-0.05, 0) is 18.6 Å². The Morgan fingerprint density at radius 2 is 2.12 bits per heavy atom. The molecule has 0 radical (unpaired) electrons. The molecule has 94 valence electrons. The molecule has 1 aromatic rings. The Morgan fingerprint density at radius 1 is 1.41 bits per heavy atom. The van der Waals surface area contributed by atoms with Gasteiger partial charge in [-0.25, -0.2) is 4.79 Å². The van der Waals surface area contributed by atoms with E-state index in [0.29, 0.717) is 22.3 Å². The largest absolute Gasteiger partial charge is 0.338 e. The number of unbranched alkanes of at least 4 members (excludes halogenated alkanes) is 1. The summed E-state index contributed by atoms with van der Waals surface area (Å²) in [6, 6.07) is 5.03. The van der Waals surface area contributed by atoms with Crippen LogP contribution < -0.4 is 10.2 Å². The normalized spacial score (nSPS) is 10.1. The predicted molar refractivity (Wildman–Crippen MR) is 73.2 cm³/mol. The topological polar surface area (TPSA) is 32.3 Å². The molecular formula is C12H16Cl2N2O. The quantitative estimate of drug-likeness (QED) is 0.829. The highest BCUT2D eigenvalue weighted by Gasteiger charge is 2.14. The number of urea groups is 1. The Hall–Kier alpha value is -0.930. The Kier molecular flexibility index (Phi) is 5.59. The van der Waals surface area contributed by atoms with E-state index in [2.05, 4.69) is 12.2 Å². The van der Waals surface area contributed by atoms with Gasteiger partial charge in [0, 0.05) is 13.6 Å². The zero-order valence-corrected chi connectivity index (χ0v) is 11.5. The number of anilines is 1. The predicted octanol–water partition coefficient (Wildman–Crippen LogP) is 3.94. The van der Waals surface area contributed by atoms with Crippen LogP contribution in [0, 0.1) is 0 Å². The number of carbonyl (C=O) groups excluding carboxylic acids is 1. The van der Waals surface area contributed by atoms with Gasteiger partial charge in [0.15, 0.2) is 0 Å². The Morgan fingerprint density at radius 3 is 2.76 bits per heavy atom. The summed E-state index contributed by atoms with van der Waals surface area (Å²) in [5.41, 5.74) is 0.605. The lowest BCUT2D eigenvalue weighted by Crippen LogP contribution is -2.37. The van der Waals surface area contributed by atoms with Gasteiger partial charge < -0.3 is 5.32 Å². The van der Waals surface area contributed by atoms with E-state index in [4.69, 9.17) is 23.2 Å². The number of nitrogens with one attached hydrogen (secondary N) is 1. The second-order valence-corrected chi connectivity index (χ2v) is 4.50. The molecule has 0 saturated carbocycles. The van der Waals surface area contributed by atoms with Crippen molar-refractivity contribution in [2.24, 2.45) is 0 Å². The van der Waals surface area contributed by atoms with Crippen LogP contribution in [0.4, 0.5) is 10.5 Å². The molecule has 1 rings (SSSR count). The first-order valence-electron chi connectivity index (χ1n) is 5.53. The summed E-state index contributed by atoms with van der Waals surface area (Å²) in [5.74, 6) is 0. The number of nitrogens with zero attached hydrogens (tertiary/aromatic N) is 1. The molecular weight excluding hydrogens is 259 g/mol. The molecule has 17 heavy (non-hydrogen) atoms. The summed E-state index contributed by atoms with van der Waals surface area (Å²) in [6.07, 6.45) is 2.00. The van der Waals surface area contributed by atoms with Crippen molar-refractivity contribution in [3.05, 3.63) is 28.2 Å². The fraction of sp³-hybridized carbons (Fsp3) is 0.417. The summed E-state index contributed by atoms with van der Waals surface area (Å²) >= 11 is 11.9. The molecule has 5 heteroatoms. The number of amides is 2. The summed E-state index contributed by atoms with van der Waals surface area (Å²) in [5, 5.41) is 3.65. The van der Waals surface area contributed by atoms with Crippen molar-refractivity contribution in [2.45, 2.75) is 19.8 Å². The van der Waals surface area contributed by atoms with Crippen LogP contribution in [0.15, 0.2) is 18.2 Å². The summed E-state index contributed by atoms with van der Waals surface area (Å²) in [4.78, 5) is 13.3. The zero-order chi connectivity index (χ0) is 12.8. The molecule has 1 aromatic carbocycles. The average molecular weight is 275 g/mol. The minimum absolute atomic E-state index is 0.178. The van der Waals surface area contributed by atoms with Crippen molar-refractivity contribution < 1.29 is 4.79 Å². The maximum Gasteiger partial charge on any atom is 0.321 e. The van der Waals surface area contributed by atoms with Crippen molar-refractivity contribution >= 4 is 34.9 Å². The van der Waals surface area contributed by atoms with Crippen molar-refractivity contribution in [3.63, 3.8) is 0 Å². The molecule has 0 spiro atoms. The van der Waals surface area contributed by atoms with E-state index in [9.17, 15) is 4.79 Å². The molecule has 0 bridgehead atoms. The average Bonchev–Trinajstić information content (AvgIpc) is 2.32. The highest BCUT2D eigenvalue weighted by molar-refractivity contribution is 6.44. The molecule has 0 aliphatic carbocycles. The number of rotatable bonds is 4. The van der Waals surface area contributed by atoms with Gasteiger partial charge in [-0.1, -0.05) is 42.6 Å². The van der Waals surface area contributed by atoms with Crippen LogP contribution in [-0.2, 0) is 0 Å². The molecule has 0 atom stereocenters. The Balaban J connectivity index is 2.71. The van der Waals surface area contributed by atoms with Crippen LogP contribution in [0.2, 0.25) is 10.0 Å². The molecule has 0 aliphatic heterocycles. The van der Waals surface area contributed by atoms with E-state index in [1.54, 1.807) is 25.2 Å². The molecule has 0 aliphatic rings. The third-order valence-electron chi connectivity index (χ3n) is 2.40. The van der Waals surface area contributed by atoms with Gasteiger partial charge in [-0.15, -0.1) is 0 Å². The maximum atomic E-state index is 11.8. The SMILES string of the molecule is CCCCNC(=O)N(C)c1cccc(Cl)c1Cl. The van der Waals surface area contributed by atoms with E-state index < -0.39 is 0 Å². The van der Waals surface area contributed by atoms with Crippen LogP contribution in [0.1, 0.15) is 19.8 Å². The molecule has 0 heterocycles. The van der Waals surface area contributed by atoms with E-state index in [0.717, 1.165) is 12.8 Å². The molecule has 0 fully saturated rings. The first-order chi connectivity index (χ1) is 8.07. The third-order valence-corrected chi connectivity index (χ3v) is 3.21. The third kappa shape index (κ3) is 3.79. The number of carbonyl (C=O) groups is 1. The molecule has 3 nitrogen and oxygen atoms in total. The van der Waals surface area contributed by atoms with Gasteiger partial charge in [-0.2, -0.15) is 0 Å². The first-order valence-corrected chi connectivity index (χ1v) is 6.29. The maximum absolute atomic E-state index is 11.8. The number of hydrogen-bond donors (Lipinski definition) is 1. The zero-order valence-electron chi connectivity index (χ0n) is 9.96. The highest BCUT2D eigenvalue weighted by Crippen LogP contribution is 2.31.